The smallest absolute Gasteiger partial charge is 0.308 e. The molecule has 0 saturated carbocycles. The number of hydrogen-bond acceptors (Lipinski definition) is 6. The van der Waals surface area contributed by atoms with E-state index >= 15 is 0 Å². The van der Waals surface area contributed by atoms with Gasteiger partial charge in [-0.15, -0.1) is 0 Å². The van der Waals surface area contributed by atoms with E-state index in [9.17, 15) is 4.79 Å². The first-order valence-electron chi connectivity index (χ1n) is 6.81. The molecule has 0 spiro atoms. The Kier molecular flexibility index (Phi) is 8.39. The van der Waals surface area contributed by atoms with Gasteiger partial charge in [-0.2, -0.15) is 0 Å². The molecule has 1 unspecified atom stereocenters. The van der Waals surface area contributed by atoms with Gasteiger partial charge in [-0.25, -0.2) is 0 Å². The molecule has 1 fully saturated rings. The molecule has 1 aliphatic heterocycles. The van der Waals surface area contributed by atoms with Crippen LogP contribution in [-0.4, -0.2) is 48.0 Å². The Balaban J connectivity index is 2.50. The number of halogens is 1. The highest BCUT2D eigenvalue weighted by Gasteiger charge is 2.32. The molecule has 20 heavy (non-hydrogen) atoms. The van der Waals surface area contributed by atoms with E-state index in [1.807, 2.05) is 6.92 Å². The second kappa shape index (κ2) is 9.51. The highest BCUT2D eigenvalue weighted by atomic mass is 127. The molecule has 7 heteroatoms. The molecule has 0 aromatic rings. The Morgan fingerprint density at radius 1 is 1.20 bits per heavy atom. The van der Waals surface area contributed by atoms with Crippen molar-refractivity contribution < 1.29 is 23.7 Å². The Labute approximate surface area is 133 Å². The largest absolute Gasteiger partial charge is 0.481 e. The molecule has 1 N–H and O–H groups in total. The zero-order valence-corrected chi connectivity index (χ0v) is 14.1. The van der Waals surface area contributed by atoms with Gasteiger partial charge in [0.1, 0.15) is 0 Å². The maximum atomic E-state index is 11.5. The molecule has 6 nitrogen and oxygen atoms in total. The molecule has 116 valence electrons. The summed E-state index contributed by atoms with van der Waals surface area (Å²) >= 11 is 2.25. The average molecular weight is 399 g/mol. The first-order valence-corrected chi connectivity index (χ1v) is 8.34. The fourth-order valence-corrected chi connectivity index (χ4v) is 2.55. The summed E-state index contributed by atoms with van der Waals surface area (Å²) in [7, 11) is 0. The summed E-state index contributed by atoms with van der Waals surface area (Å²) in [5.74, 6) is -0.119. The fourth-order valence-electron chi connectivity index (χ4n) is 1.98. The topological polar surface area (TPSA) is 77.8 Å². The van der Waals surface area contributed by atoms with E-state index in [-0.39, 0.29) is 36.9 Å². The van der Waals surface area contributed by atoms with Crippen molar-refractivity contribution in [3.05, 3.63) is 0 Å². The van der Waals surface area contributed by atoms with Crippen LogP contribution >= 0.6 is 22.6 Å². The van der Waals surface area contributed by atoms with Crippen LogP contribution in [0.4, 0.5) is 0 Å². The van der Waals surface area contributed by atoms with Crippen molar-refractivity contribution in [1.82, 2.24) is 0 Å². The molecule has 0 aromatic carbocycles. The lowest BCUT2D eigenvalue weighted by atomic mass is 10.1. The van der Waals surface area contributed by atoms with E-state index < -0.39 is 6.29 Å². The Morgan fingerprint density at radius 3 is 2.45 bits per heavy atom. The van der Waals surface area contributed by atoms with Gasteiger partial charge in [0.05, 0.1) is 38.3 Å². The Bertz CT molecular complexity index is 298. The average Bonchev–Trinajstić information content (AvgIpc) is 2.38. The van der Waals surface area contributed by atoms with E-state index in [1.165, 1.54) is 0 Å². The summed E-state index contributed by atoms with van der Waals surface area (Å²) in [6.45, 7) is 4.43. The lowest BCUT2D eigenvalue weighted by molar-refractivity contribution is -0.235. The van der Waals surface area contributed by atoms with Crippen LogP contribution in [0.1, 0.15) is 33.1 Å². The molecule has 1 saturated heterocycles. The standard InChI is InChI=1S/C13H22INO5/c1-3-17-11(15)7-13-19-9(5-10(8-14)20-13)6-12(16)18-4-2/h9-10,13,15H,3-8H2,1-2H3/t9-,10+,13?/m1/s1. The van der Waals surface area contributed by atoms with Gasteiger partial charge in [0.15, 0.2) is 12.2 Å². The van der Waals surface area contributed by atoms with Crippen molar-refractivity contribution in [3.63, 3.8) is 0 Å². The third-order valence-corrected chi connectivity index (χ3v) is 3.74. The van der Waals surface area contributed by atoms with Gasteiger partial charge in [-0.05, 0) is 13.8 Å². The van der Waals surface area contributed by atoms with Crippen LogP contribution in [0.5, 0.6) is 0 Å². The van der Waals surface area contributed by atoms with Crippen molar-refractivity contribution in [2.75, 3.05) is 17.6 Å². The second-order valence-electron chi connectivity index (χ2n) is 4.41. The SMILES string of the molecule is CCOC(=N)CC1O[C@H](CI)C[C@H](CC(=O)OCC)O1. The predicted molar refractivity (Wildman–Crippen MR) is 82.3 cm³/mol. The van der Waals surface area contributed by atoms with Crippen molar-refractivity contribution in [2.45, 2.75) is 51.6 Å². The molecule has 0 amide bonds. The summed E-state index contributed by atoms with van der Waals surface area (Å²) in [6, 6.07) is 0. The highest BCUT2D eigenvalue weighted by Crippen LogP contribution is 2.24. The zero-order chi connectivity index (χ0) is 15.0. The minimum atomic E-state index is -0.526. The number of esters is 1. The first kappa shape index (κ1) is 17.6. The van der Waals surface area contributed by atoms with E-state index in [2.05, 4.69) is 22.6 Å². The third-order valence-electron chi connectivity index (χ3n) is 2.76. The van der Waals surface area contributed by atoms with Crippen LogP contribution in [-0.2, 0) is 23.7 Å². The van der Waals surface area contributed by atoms with Crippen LogP contribution in [0.3, 0.4) is 0 Å². The van der Waals surface area contributed by atoms with Crippen LogP contribution in [0.15, 0.2) is 0 Å². The van der Waals surface area contributed by atoms with Crippen molar-refractivity contribution >= 4 is 34.5 Å². The lowest BCUT2D eigenvalue weighted by Crippen LogP contribution is -2.41. The van der Waals surface area contributed by atoms with Gasteiger partial charge in [0, 0.05) is 10.8 Å². The minimum Gasteiger partial charge on any atom is -0.481 e. The van der Waals surface area contributed by atoms with Gasteiger partial charge in [0.25, 0.3) is 0 Å². The van der Waals surface area contributed by atoms with Crippen LogP contribution in [0.25, 0.3) is 0 Å². The quantitative estimate of drug-likeness (QED) is 0.234. The molecule has 3 atom stereocenters. The summed E-state index contributed by atoms with van der Waals surface area (Å²) in [4.78, 5) is 11.5. The van der Waals surface area contributed by atoms with E-state index in [0.717, 1.165) is 4.43 Å². The van der Waals surface area contributed by atoms with Gasteiger partial charge < -0.3 is 18.9 Å². The van der Waals surface area contributed by atoms with E-state index in [0.29, 0.717) is 19.6 Å². The lowest BCUT2D eigenvalue weighted by Gasteiger charge is -2.34. The number of carbonyl (C=O) groups excluding carboxylic acids is 1. The summed E-state index contributed by atoms with van der Waals surface area (Å²) in [5, 5.41) is 7.65. The Hall–Kier alpha value is -0.410. The number of alkyl halides is 1. The molecular formula is C13H22INO5. The maximum Gasteiger partial charge on any atom is 0.308 e. The third kappa shape index (κ3) is 6.36. The molecular weight excluding hydrogens is 377 g/mol. The molecule has 1 rings (SSSR count). The number of ether oxygens (including phenoxy) is 4. The number of carbonyl (C=O) groups is 1. The predicted octanol–water partition coefficient (Wildman–Crippen LogP) is 2.28. The highest BCUT2D eigenvalue weighted by molar-refractivity contribution is 14.1. The maximum absolute atomic E-state index is 11.5. The molecule has 1 heterocycles. The molecule has 0 aromatic heterocycles. The minimum absolute atomic E-state index is 0.0307. The second-order valence-corrected chi connectivity index (χ2v) is 5.29. The summed E-state index contributed by atoms with van der Waals surface area (Å²) in [6.07, 6.45) is 0.441. The molecule has 1 aliphatic rings. The van der Waals surface area contributed by atoms with E-state index in [1.54, 1.807) is 6.92 Å². The normalized spacial score (nSPS) is 26.1. The van der Waals surface area contributed by atoms with Crippen LogP contribution < -0.4 is 0 Å². The van der Waals surface area contributed by atoms with Crippen molar-refractivity contribution in [3.8, 4) is 0 Å². The summed E-state index contributed by atoms with van der Waals surface area (Å²) in [5.41, 5.74) is 0. The molecule has 0 bridgehead atoms. The zero-order valence-electron chi connectivity index (χ0n) is 11.9. The number of hydrogen-bond donors (Lipinski definition) is 1. The number of nitrogens with one attached hydrogen (secondary N) is 1. The van der Waals surface area contributed by atoms with Gasteiger partial charge in [0.2, 0.25) is 0 Å². The Morgan fingerprint density at radius 2 is 1.85 bits per heavy atom. The van der Waals surface area contributed by atoms with Gasteiger partial charge in [-0.3, -0.25) is 10.2 Å². The monoisotopic (exact) mass is 399 g/mol. The molecule has 0 radical (unpaired) electrons. The van der Waals surface area contributed by atoms with E-state index in [4.69, 9.17) is 24.4 Å². The van der Waals surface area contributed by atoms with Gasteiger partial charge in [-0.1, -0.05) is 22.6 Å². The van der Waals surface area contributed by atoms with Gasteiger partial charge >= 0.3 is 5.97 Å². The summed E-state index contributed by atoms with van der Waals surface area (Å²) < 4.78 is 22.3. The molecule has 0 aliphatic carbocycles. The fraction of sp³-hybridized carbons (Fsp3) is 0.846. The van der Waals surface area contributed by atoms with Crippen molar-refractivity contribution in [2.24, 2.45) is 0 Å². The van der Waals surface area contributed by atoms with Crippen LogP contribution in [0.2, 0.25) is 0 Å². The van der Waals surface area contributed by atoms with Crippen molar-refractivity contribution in [1.29, 1.82) is 5.41 Å². The number of rotatable bonds is 7. The first-order chi connectivity index (χ1) is 9.58. The van der Waals surface area contributed by atoms with Crippen LogP contribution in [0, 0.1) is 5.41 Å².